The molecule has 3 aromatic rings. The minimum absolute atomic E-state index is 0.873. The third kappa shape index (κ3) is 2.68. The van der Waals surface area contributed by atoms with Crippen LogP contribution in [0.3, 0.4) is 0 Å². The lowest BCUT2D eigenvalue weighted by molar-refractivity contribution is 0.756. The third-order valence-electron chi connectivity index (χ3n) is 2.54. The molecular formula is C13H16N4S. The maximum atomic E-state index is 5.81. The van der Waals surface area contributed by atoms with E-state index in [1.807, 2.05) is 45.3 Å². The van der Waals surface area contributed by atoms with E-state index in [0.29, 0.717) is 0 Å². The van der Waals surface area contributed by atoms with Crippen molar-refractivity contribution in [3.05, 3.63) is 41.2 Å². The van der Waals surface area contributed by atoms with Crippen LogP contribution in [0.5, 0.6) is 0 Å². The Labute approximate surface area is 110 Å². The van der Waals surface area contributed by atoms with Gasteiger partial charge in [-0.1, -0.05) is 0 Å². The fraction of sp³-hybridized carbons (Fsp3) is 0.231. The van der Waals surface area contributed by atoms with E-state index in [4.69, 9.17) is 5.73 Å². The second-order valence-corrected chi connectivity index (χ2v) is 5.26. The number of hydrogen-bond donors (Lipinski definition) is 1. The normalized spacial score (nSPS) is 10.2. The summed E-state index contributed by atoms with van der Waals surface area (Å²) in [4.78, 5) is 6.38. The fourth-order valence-corrected chi connectivity index (χ4v) is 2.51. The van der Waals surface area contributed by atoms with E-state index >= 15 is 0 Å². The van der Waals surface area contributed by atoms with E-state index < -0.39 is 0 Å². The quantitative estimate of drug-likeness (QED) is 0.676. The lowest BCUT2D eigenvalue weighted by atomic mass is 10.3. The number of aromatic nitrogens is 3. The summed E-state index contributed by atoms with van der Waals surface area (Å²) in [5, 5.41) is 5.11. The maximum Gasteiger partial charge on any atom is 0.125 e. The molecule has 0 radical (unpaired) electrons. The van der Waals surface area contributed by atoms with Gasteiger partial charge in [0.05, 0.1) is 11.4 Å². The highest BCUT2D eigenvalue weighted by atomic mass is 32.1. The highest BCUT2D eigenvalue weighted by Crippen LogP contribution is 2.30. The van der Waals surface area contributed by atoms with Gasteiger partial charge in [0.15, 0.2) is 0 Å². The molecule has 0 atom stereocenters. The molecule has 3 aromatic heterocycles. The number of nitrogens with zero attached hydrogens (tertiary/aromatic N) is 3. The van der Waals surface area contributed by atoms with Gasteiger partial charge in [0.2, 0.25) is 0 Å². The van der Waals surface area contributed by atoms with Crippen LogP contribution in [0.15, 0.2) is 30.6 Å². The summed E-state index contributed by atoms with van der Waals surface area (Å²) in [5.41, 5.74) is 7.75. The molecule has 0 saturated heterocycles. The van der Waals surface area contributed by atoms with Crippen LogP contribution in [0.25, 0.3) is 10.2 Å². The van der Waals surface area contributed by atoms with Gasteiger partial charge in [0.25, 0.3) is 0 Å². The highest BCUT2D eigenvalue weighted by Gasteiger charge is 2.03. The van der Waals surface area contributed by atoms with Gasteiger partial charge >= 0.3 is 0 Å². The summed E-state index contributed by atoms with van der Waals surface area (Å²) in [6.07, 6.45) is 3.72. The molecule has 0 fully saturated rings. The maximum absolute atomic E-state index is 5.81. The van der Waals surface area contributed by atoms with Crippen molar-refractivity contribution in [1.82, 2.24) is 14.8 Å². The molecule has 0 saturated carbocycles. The summed E-state index contributed by atoms with van der Waals surface area (Å²) in [6, 6.07) is 5.88. The number of nitrogens with two attached hydrogens (primary N) is 1. The number of hydrogen-bond acceptors (Lipinski definition) is 4. The average molecular weight is 260 g/mol. The Kier molecular flexibility index (Phi) is 3.62. The van der Waals surface area contributed by atoms with Gasteiger partial charge in [-0.25, -0.2) is 4.98 Å². The molecule has 0 aliphatic rings. The smallest absolute Gasteiger partial charge is 0.125 e. The van der Waals surface area contributed by atoms with Gasteiger partial charge in [-0.05, 0) is 32.0 Å². The summed E-state index contributed by atoms with van der Waals surface area (Å²) in [5.74, 6) is 0. The fourth-order valence-electron chi connectivity index (χ4n) is 1.60. The van der Waals surface area contributed by atoms with Gasteiger partial charge < -0.3 is 5.73 Å². The van der Waals surface area contributed by atoms with Crippen LogP contribution in [-0.4, -0.2) is 14.8 Å². The topological polar surface area (TPSA) is 56.7 Å². The zero-order chi connectivity index (χ0) is 13.1. The van der Waals surface area contributed by atoms with Gasteiger partial charge in [-0.15, -0.1) is 11.3 Å². The lowest BCUT2D eigenvalue weighted by Gasteiger charge is -1.88. The van der Waals surface area contributed by atoms with Crippen LogP contribution in [0.1, 0.15) is 10.6 Å². The van der Waals surface area contributed by atoms with Gasteiger partial charge in [0, 0.05) is 29.7 Å². The Balaban J connectivity index is 0.000000149. The van der Waals surface area contributed by atoms with E-state index in [1.54, 1.807) is 22.2 Å². The largest absolute Gasteiger partial charge is 0.397 e. The first kappa shape index (κ1) is 12.6. The second-order valence-electron chi connectivity index (χ2n) is 4.06. The molecule has 18 heavy (non-hydrogen) atoms. The Hall–Kier alpha value is -1.88. The molecule has 94 valence electrons. The van der Waals surface area contributed by atoms with Crippen LogP contribution < -0.4 is 5.73 Å². The number of thiophene rings is 1. The number of rotatable bonds is 0. The molecule has 0 amide bonds. The van der Waals surface area contributed by atoms with Crippen LogP contribution in [-0.2, 0) is 7.05 Å². The molecule has 3 rings (SSSR count). The van der Waals surface area contributed by atoms with E-state index in [1.165, 1.54) is 0 Å². The van der Waals surface area contributed by atoms with Crippen LogP contribution in [0, 0.1) is 13.8 Å². The molecule has 0 spiro atoms. The summed E-state index contributed by atoms with van der Waals surface area (Å²) in [7, 11) is 1.91. The van der Waals surface area contributed by atoms with Crippen molar-refractivity contribution in [3.8, 4) is 0 Å². The van der Waals surface area contributed by atoms with Crippen molar-refractivity contribution < 1.29 is 0 Å². The molecule has 3 heterocycles. The lowest BCUT2D eigenvalue weighted by Crippen LogP contribution is -1.86. The van der Waals surface area contributed by atoms with Crippen molar-refractivity contribution in [2.24, 2.45) is 7.05 Å². The molecular weight excluding hydrogens is 244 g/mol. The Bertz CT molecular complexity index is 637. The third-order valence-corrected chi connectivity index (χ3v) is 3.58. The first-order valence-electron chi connectivity index (χ1n) is 5.64. The molecule has 0 aromatic carbocycles. The van der Waals surface area contributed by atoms with Gasteiger partial charge in [-0.2, -0.15) is 5.10 Å². The summed E-state index contributed by atoms with van der Waals surface area (Å²) >= 11 is 1.64. The Morgan fingerprint density at radius 1 is 1.28 bits per heavy atom. The van der Waals surface area contributed by atoms with E-state index in [-0.39, 0.29) is 0 Å². The second kappa shape index (κ2) is 5.18. The van der Waals surface area contributed by atoms with Crippen molar-refractivity contribution in [3.63, 3.8) is 0 Å². The predicted octanol–water partition coefficient (Wildman–Crippen LogP) is 2.92. The van der Waals surface area contributed by atoms with Gasteiger partial charge in [0.1, 0.15) is 4.83 Å². The molecule has 0 unspecified atom stereocenters. The first-order chi connectivity index (χ1) is 8.58. The molecule has 5 heteroatoms. The minimum Gasteiger partial charge on any atom is -0.397 e. The minimum atomic E-state index is 0.873. The van der Waals surface area contributed by atoms with Crippen LogP contribution in [0.2, 0.25) is 0 Å². The average Bonchev–Trinajstić information content (AvgIpc) is 2.85. The highest BCUT2D eigenvalue weighted by molar-refractivity contribution is 7.19. The van der Waals surface area contributed by atoms with E-state index in [2.05, 4.69) is 10.1 Å². The van der Waals surface area contributed by atoms with Crippen molar-refractivity contribution in [1.29, 1.82) is 0 Å². The number of aryl methyl sites for hydroxylation is 3. The molecule has 2 N–H and O–H groups in total. The predicted molar refractivity (Wildman–Crippen MR) is 76.7 cm³/mol. The number of nitrogen functional groups attached to an aromatic ring is 1. The van der Waals surface area contributed by atoms with Crippen LogP contribution >= 0.6 is 11.3 Å². The Morgan fingerprint density at radius 3 is 2.56 bits per heavy atom. The van der Waals surface area contributed by atoms with Gasteiger partial charge in [-0.3, -0.25) is 4.68 Å². The number of fused-ring (bicyclic) bond motifs is 1. The summed E-state index contributed by atoms with van der Waals surface area (Å²) < 4.78 is 1.79. The zero-order valence-electron chi connectivity index (χ0n) is 10.7. The van der Waals surface area contributed by atoms with E-state index in [9.17, 15) is 0 Å². The molecule has 0 aliphatic carbocycles. The van der Waals surface area contributed by atoms with Crippen LogP contribution in [0.4, 0.5) is 5.69 Å². The number of pyridine rings is 1. The molecule has 0 bridgehead atoms. The summed E-state index contributed by atoms with van der Waals surface area (Å²) in [6.45, 7) is 3.99. The SMILES string of the molecule is Cc1ccn(C)n1.Cc1sc2ncccc2c1N. The zero-order valence-corrected chi connectivity index (χ0v) is 11.5. The van der Waals surface area contributed by atoms with Crippen molar-refractivity contribution >= 4 is 27.2 Å². The number of anilines is 1. The molecule has 4 nitrogen and oxygen atoms in total. The van der Waals surface area contributed by atoms with Crippen molar-refractivity contribution in [2.75, 3.05) is 5.73 Å². The monoisotopic (exact) mass is 260 g/mol. The Morgan fingerprint density at radius 2 is 2.06 bits per heavy atom. The van der Waals surface area contributed by atoms with Crippen molar-refractivity contribution in [2.45, 2.75) is 13.8 Å². The first-order valence-corrected chi connectivity index (χ1v) is 6.45. The standard InChI is InChI=1S/C8H8N2S.C5H8N2/c1-5-7(9)6-3-2-4-10-8(6)11-5;1-5-3-4-7(2)6-5/h2-4H,9H2,1H3;3-4H,1-2H3. The van der Waals surface area contributed by atoms with E-state index in [0.717, 1.165) is 26.5 Å². The molecule has 0 aliphatic heterocycles.